The molecular weight excluding hydrogens is 412 g/mol. The van der Waals surface area contributed by atoms with Gasteiger partial charge in [0.1, 0.15) is 0 Å². The summed E-state index contributed by atoms with van der Waals surface area (Å²) in [4.78, 5) is 23.4. The number of aliphatic carboxylic acids is 2. The summed E-state index contributed by atoms with van der Waals surface area (Å²) in [5, 5.41) is 19.2. The Morgan fingerprint density at radius 1 is 0.545 bits per heavy atom. The van der Waals surface area contributed by atoms with Gasteiger partial charge in [-0.05, 0) is 31.1 Å². The van der Waals surface area contributed by atoms with E-state index in [9.17, 15) is 14.7 Å². The van der Waals surface area contributed by atoms with E-state index in [0.717, 1.165) is 50.4 Å². The van der Waals surface area contributed by atoms with Gasteiger partial charge in [-0.2, -0.15) is 0 Å². The second kappa shape index (κ2) is 20.3. The van der Waals surface area contributed by atoms with Crippen LogP contribution in [0, 0.1) is 17.3 Å². The summed E-state index contributed by atoms with van der Waals surface area (Å²) in [5.41, 5.74) is -0.854. The van der Waals surface area contributed by atoms with E-state index in [-0.39, 0.29) is 12.8 Å². The average molecular weight is 469 g/mol. The van der Waals surface area contributed by atoms with Gasteiger partial charge < -0.3 is 10.2 Å². The van der Waals surface area contributed by atoms with E-state index in [2.05, 4.69) is 27.7 Å². The van der Waals surface area contributed by atoms with E-state index >= 15 is 0 Å². The molecular formula is C29H56O4. The van der Waals surface area contributed by atoms with Gasteiger partial charge in [-0.1, -0.05) is 130 Å². The number of hydrogen-bond donors (Lipinski definition) is 2. The first-order valence-electron chi connectivity index (χ1n) is 14.1. The van der Waals surface area contributed by atoms with Crippen molar-refractivity contribution in [1.82, 2.24) is 0 Å². The van der Waals surface area contributed by atoms with Crippen molar-refractivity contribution in [3.05, 3.63) is 0 Å². The number of hydrogen-bond acceptors (Lipinski definition) is 2. The van der Waals surface area contributed by atoms with Crippen molar-refractivity contribution in [2.75, 3.05) is 0 Å². The highest BCUT2D eigenvalue weighted by Gasteiger charge is 2.37. The Morgan fingerprint density at radius 3 is 1.18 bits per heavy atom. The van der Waals surface area contributed by atoms with Gasteiger partial charge in [0.2, 0.25) is 0 Å². The fourth-order valence-electron chi connectivity index (χ4n) is 4.84. The van der Waals surface area contributed by atoms with E-state index < -0.39 is 17.4 Å². The zero-order valence-electron chi connectivity index (χ0n) is 22.5. The Labute approximate surface area is 205 Å². The minimum absolute atomic E-state index is 0.0436. The molecule has 0 bridgehead atoms. The summed E-state index contributed by atoms with van der Waals surface area (Å²) in [5.74, 6) is -0.0983. The number of carboxylic acid groups (broad SMARTS) is 2. The Morgan fingerprint density at radius 2 is 0.879 bits per heavy atom. The van der Waals surface area contributed by atoms with Crippen LogP contribution in [0.15, 0.2) is 0 Å². The smallest absolute Gasteiger partial charge is 0.309 e. The highest BCUT2D eigenvalue weighted by Crippen LogP contribution is 2.37. The summed E-state index contributed by atoms with van der Waals surface area (Å²) in [6, 6.07) is 0. The maximum atomic E-state index is 12.2. The summed E-state index contributed by atoms with van der Waals surface area (Å²) in [6.07, 6.45) is 20.5. The minimum Gasteiger partial charge on any atom is -0.481 e. The largest absolute Gasteiger partial charge is 0.481 e. The van der Waals surface area contributed by atoms with E-state index in [0.29, 0.717) is 12.8 Å². The number of carbonyl (C=O) groups is 2. The molecule has 33 heavy (non-hydrogen) atoms. The molecule has 0 amide bonds. The maximum Gasteiger partial charge on any atom is 0.309 e. The predicted octanol–water partition coefficient (Wildman–Crippen LogP) is 9.26. The van der Waals surface area contributed by atoms with E-state index in [4.69, 9.17) is 5.11 Å². The molecule has 0 saturated heterocycles. The topological polar surface area (TPSA) is 74.6 Å². The van der Waals surface area contributed by atoms with Crippen LogP contribution in [0.25, 0.3) is 0 Å². The SMILES string of the molecule is CC(C)CCCCCCCCCC(CCCCCCCCCC(C)C)(CCC(=O)O)C(=O)O. The lowest BCUT2D eigenvalue weighted by Crippen LogP contribution is -2.32. The summed E-state index contributed by atoms with van der Waals surface area (Å²) in [7, 11) is 0. The standard InChI is InChI=1S/C29H56O4/c1-25(2)19-15-11-7-5-9-13-17-22-29(28(32)33,24-21-27(30)31)23-18-14-10-6-8-12-16-20-26(3)4/h25-26H,5-24H2,1-4H3,(H,30,31)(H,32,33). The fraction of sp³-hybridized carbons (Fsp3) is 0.931. The summed E-state index contributed by atoms with van der Waals surface area (Å²) in [6.45, 7) is 9.09. The van der Waals surface area contributed by atoms with Crippen molar-refractivity contribution in [1.29, 1.82) is 0 Å². The predicted molar refractivity (Wildman–Crippen MR) is 140 cm³/mol. The van der Waals surface area contributed by atoms with Crippen LogP contribution < -0.4 is 0 Å². The first-order chi connectivity index (χ1) is 15.7. The molecule has 4 heteroatoms. The molecule has 0 fully saturated rings. The molecule has 2 N–H and O–H groups in total. The van der Waals surface area contributed by atoms with Gasteiger partial charge >= 0.3 is 11.9 Å². The third-order valence-electron chi connectivity index (χ3n) is 7.14. The molecule has 0 aliphatic carbocycles. The van der Waals surface area contributed by atoms with Crippen LogP contribution in [0.4, 0.5) is 0 Å². The molecule has 0 atom stereocenters. The monoisotopic (exact) mass is 468 g/mol. The van der Waals surface area contributed by atoms with Crippen molar-refractivity contribution in [3.63, 3.8) is 0 Å². The molecule has 196 valence electrons. The second-order valence-electron chi connectivity index (χ2n) is 11.3. The lowest BCUT2D eigenvalue weighted by Gasteiger charge is -2.29. The van der Waals surface area contributed by atoms with Crippen molar-refractivity contribution < 1.29 is 19.8 Å². The van der Waals surface area contributed by atoms with Gasteiger partial charge in [-0.25, -0.2) is 0 Å². The Balaban J connectivity index is 4.27. The highest BCUT2D eigenvalue weighted by atomic mass is 16.4. The molecule has 0 aliphatic heterocycles. The zero-order valence-corrected chi connectivity index (χ0v) is 22.5. The van der Waals surface area contributed by atoms with E-state index in [1.54, 1.807) is 0 Å². The molecule has 0 aromatic heterocycles. The molecule has 0 rings (SSSR count). The minimum atomic E-state index is -0.886. The van der Waals surface area contributed by atoms with Crippen molar-refractivity contribution in [2.45, 2.75) is 156 Å². The number of rotatable bonds is 24. The normalized spacial score (nSPS) is 12.1. The van der Waals surface area contributed by atoms with Crippen LogP contribution in [-0.4, -0.2) is 22.2 Å². The molecule has 0 radical (unpaired) electrons. The lowest BCUT2D eigenvalue weighted by atomic mass is 9.74. The quantitative estimate of drug-likeness (QED) is 0.138. The van der Waals surface area contributed by atoms with Crippen LogP contribution in [0.3, 0.4) is 0 Å². The second-order valence-corrected chi connectivity index (χ2v) is 11.3. The molecule has 0 aromatic carbocycles. The van der Waals surface area contributed by atoms with E-state index in [1.807, 2.05) is 0 Å². The van der Waals surface area contributed by atoms with Gasteiger partial charge in [0.25, 0.3) is 0 Å². The molecule has 0 heterocycles. The van der Waals surface area contributed by atoms with Gasteiger partial charge in [0, 0.05) is 6.42 Å². The first-order valence-corrected chi connectivity index (χ1v) is 14.1. The van der Waals surface area contributed by atoms with Crippen LogP contribution in [0.1, 0.15) is 156 Å². The van der Waals surface area contributed by atoms with Crippen molar-refractivity contribution >= 4 is 11.9 Å². The summed E-state index contributed by atoms with van der Waals surface area (Å²) < 4.78 is 0. The van der Waals surface area contributed by atoms with Crippen molar-refractivity contribution in [3.8, 4) is 0 Å². The zero-order chi connectivity index (χ0) is 25.0. The number of carboxylic acids is 2. The van der Waals surface area contributed by atoms with Gasteiger partial charge in [-0.15, -0.1) is 0 Å². The van der Waals surface area contributed by atoms with Gasteiger partial charge in [0.05, 0.1) is 5.41 Å². The van der Waals surface area contributed by atoms with E-state index in [1.165, 1.54) is 64.2 Å². The molecule has 0 aliphatic rings. The molecule has 4 nitrogen and oxygen atoms in total. The molecule has 0 spiro atoms. The Hall–Kier alpha value is -1.06. The van der Waals surface area contributed by atoms with Crippen molar-refractivity contribution in [2.24, 2.45) is 17.3 Å². The van der Waals surface area contributed by atoms with Crippen LogP contribution in [0.5, 0.6) is 0 Å². The third-order valence-corrected chi connectivity index (χ3v) is 7.14. The summed E-state index contributed by atoms with van der Waals surface area (Å²) >= 11 is 0. The molecule has 0 unspecified atom stereocenters. The van der Waals surface area contributed by atoms with Gasteiger partial charge in [0.15, 0.2) is 0 Å². The van der Waals surface area contributed by atoms with Crippen LogP contribution >= 0.6 is 0 Å². The molecule has 0 saturated carbocycles. The fourth-order valence-corrected chi connectivity index (χ4v) is 4.84. The third kappa shape index (κ3) is 19.0. The maximum absolute atomic E-state index is 12.2. The van der Waals surface area contributed by atoms with Crippen LogP contribution in [0.2, 0.25) is 0 Å². The first kappa shape index (κ1) is 31.9. The molecule has 0 aromatic rings. The van der Waals surface area contributed by atoms with Crippen LogP contribution in [-0.2, 0) is 9.59 Å². The van der Waals surface area contributed by atoms with Gasteiger partial charge in [-0.3, -0.25) is 9.59 Å². The number of unbranched alkanes of at least 4 members (excludes halogenated alkanes) is 12. The Kier molecular flexibility index (Phi) is 19.7. The Bertz CT molecular complexity index is 458. The lowest BCUT2D eigenvalue weighted by molar-refractivity contribution is -0.151. The highest BCUT2D eigenvalue weighted by molar-refractivity contribution is 5.76. The average Bonchev–Trinajstić information content (AvgIpc) is 2.73.